The lowest BCUT2D eigenvalue weighted by atomic mass is 9.95. The summed E-state index contributed by atoms with van der Waals surface area (Å²) in [5.41, 5.74) is 2.23. The van der Waals surface area contributed by atoms with E-state index in [1.54, 1.807) is 34.1 Å². The predicted octanol–water partition coefficient (Wildman–Crippen LogP) is 6.17. The standard InChI is InChI=1S/C26H22ClN3O2S/c27-20-14-12-18(13-15-20)24(31)29-16-6-7-19(17-29)25(32)30(21-8-2-1-3-9-21)26-28-22-10-4-5-11-23(22)33-26/h1-5,8-15,19H,6-7,16-17H2/t19-/m1/s1. The summed E-state index contributed by atoms with van der Waals surface area (Å²) in [4.78, 5) is 35.2. The second-order valence-electron chi connectivity index (χ2n) is 8.07. The van der Waals surface area contributed by atoms with Crippen LogP contribution >= 0.6 is 22.9 Å². The summed E-state index contributed by atoms with van der Waals surface area (Å²) in [7, 11) is 0. The number of rotatable bonds is 4. The largest absolute Gasteiger partial charge is 0.338 e. The molecule has 0 saturated carbocycles. The van der Waals surface area contributed by atoms with E-state index in [0.717, 1.165) is 28.7 Å². The lowest BCUT2D eigenvalue weighted by molar-refractivity contribution is -0.122. The first-order chi connectivity index (χ1) is 16.1. The molecule has 1 saturated heterocycles. The van der Waals surface area contributed by atoms with Crippen LogP contribution in [0, 0.1) is 5.92 Å². The Morgan fingerprint density at radius 2 is 1.70 bits per heavy atom. The minimum Gasteiger partial charge on any atom is -0.338 e. The molecule has 0 aliphatic carbocycles. The van der Waals surface area contributed by atoms with Crippen molar-refractivity contribution < 1.29 is 9.59 Å². The Bertz CT molecular complexity index is 1260. The van der Waals surface area contributed by atoms with Gasteiger partial charge in [0.1, 0.15) is 0 Å². The molecule has 5 rings (SSSR count). The number of carbonyl (C=O) groups is 2. The van der Waals surface area contributed by atoms with Crippen LogP contribution in [0.2, 0.25) is 5.02 Å². The summed E-state index contributed by atoms with van der Waals surface area (Å²) in [6.07, 6.45) is 1.51. The summed E-state index contributed by atoms with van der Waals surface area (Å²) in [6, 6.07) is 24.4. The van der Waals surface area contributed by atoms with E-state index in [2.05, 4.69) is 0 Å². The highest BCUT2D eigenvalue weighted by Crippen LogP contribution is 2.35. The molecular formula is C26H22ClN3O2S. The molecule has 1 aliphatic heterocycles. The third-order valence-electron chi connectivity index (χ3n) is 5.86. The van der Waals surface area contributed by atoms with Crippen LogP contribution in [-0.4, -0.2) is 34.8 Å². The highest BCUT2D eigenvalue weighted by molar-refractivity contribution is 7.22. The average molecular weight is 476 g/mol. The van der Waals surface area contributed by atoms with Gasteiger partial charge in [0.2, 0.25) is 5.91 Å². The number of halogens is 1. The number of likely N-dealkylation sites (tertiary alicyclic amines) is 1. The topological polar surface area (TPSA) is 53.5 Å². The van der Waals surface area contributed by atoms with E-state index >= 15 is 0 Å². The van der Waals surface area contributed by atoms with Gasteiger partial charge in [-0.05, 0) is 61.4 Å². The number of hydrogen-bond donors (Lipinski definition) is 0. The Morgan fingerprint density at radius 3 is 2.45 bits per heavy atom. The minimum atomic E-state index is -0.304. The first-order valence-electron chi connectivity index (χ1n) is 10.9. The van der Waals surface area contributed by atoms with Gasteiger partial charge in [-0.1, -0.05) is 53.3 Å². The van der Waals surface area contributed by atoms with Gasteiger partial charge in [0.05, 0.1) is 21.8 Å². The number of aromatic nitrogens is 1. The Kier molecular flexibility index (Phi) is 6.11. The maximum Gasteiger partial charge on any atom is 0.253 e. The first kappa shape index (κ1) is 21.6. The van der Waals surface area contributed by atoms with Crippen molar-refractivity contribution in [1.29, 1.82) is 0 Å². The third-order valence-corrected chi connectivity index (χ3v) is 7.13. The second kappa shape index (κ2) is 9.33. The van der Waals surface area contributed by atoms with Crippen molar-refractivity contribution in [2.45, 2.75) is 12.8 Å². The van der Waals surface area contributed by atoms with Crippen LogP contribution < -0.4 is 4.90 Å². The second-order valence-corrected chi connectivity index (χ2v) is 9.52. The zero-order valence-corrected chi connectivity index (χ0v) is 19.4. The molecule has 0 N–H and O–H groups in total. The molecule has 0 radical (unpaired) electrons. The Hall–Kier alpha value is -3.22. The van der Waals surface area contributed by atoms with Crippen LogP contribution in [0.25, 0.3) is 10.2 Å². The first-order valence-corrected chi connectivity index (χ1v) is 12.1. The lowest BCUT2D eigenvalue weighted by Crippen LogP contribution is -2.45. The summed E-state index contributed by atoms with van der Waals surface area (Å²) in [5.74, 6) is -0.411. The quantitative estimate of drug-likeness (QED) is 0.355. The smallest absolute Gasteiger partial charge is 0.253 e. The van der Waals surface area contributed by atoms with E-state index in [0.29, 0.717) is 28.8 Å². The molecule has 0 bridgehead atoms. The summed E-state index contributed by atoms with van der Waals surface area (Å²) < 4.78 is 1.03. The summed E-state index contributed by atoms with van der Waals surface area (Å²) >= 11 is 7.47. The highest BCUT2D eigenvalue weighted by Gasteiger charge is 2.34. The third kappa shape index (κ3) is 4.49. The van der Waals surface area contributed by atoms with E-state index in [1.807, 2.05) is 54.6 Å². The fourth-order valence-electron chi connectivity index (χ4n) is 4.19. The molecule has 2 heterocycles. The maximum absolute atomic E-state index is 13.9. The number of fused-ring (bicyclic) bond motifs is 1. The normalized spacial score (nSPS) is 16.0. The van der Waals surface area contributed by atoms with Crippen LogP contribution in [0.15, 0.2) is 78.9 Å². The number of nitrogens with zero attached hydrogens (tertiary/aromatic N) is 3. The van der Waals surface area contributed by atoms with Crippen LogP contribution in [0.5, 0.6) is 0 Å². The molecule has 1 fully saturated rings. The van der Waals surface area contributed by atoms with E-state index in [9.17, 15) is 9.59 Å². The van der Waals surface area contributed by atoms with Crippen molar-refractivity contribution in [2.75, 3.05) is 18.0 Å². The van der Waals surface area contributed by atoms with Crippen molar-refractivity contribution >= 4 is 55.8 Å². The van der Waals surface area contributed by atoms with Crippen molar-refractivity contribution in [3.63, 3.8) is 0 Å². The van der Waals surface area contributed by atoms with Crippen LogP contribution in [0.4, 0.5) is 10.8 Å². The summed E-state index contributed by atoms with van der Waals surface area (Å²) in [5, 5.41) is 1.24. The van der Waals surface area contributed by atoms with Crippen LogP contribution in [0.1, 0.15) is 23.2 Å². The molecule has 166 valence electrons. The zero-order chi connectivity index (χ0) is 22.8. The number of anilines is 2. The molecule has 7 heteroatoms. The Labute approximate surface area is 201 Å². The van der Waals surface area contributed by atoms with Gasteiger partial charge in [-0.2, -0.15) is 0 Å². The van der Waals surface area contributed by atoms with E-state index in [4.69, 9.17) is 16.6 Å². The van der Waals surface area contributed by atoms with Crippen molar-refractivity contribution in [1.82, 2.24) is 9.88 Å². The SMILES string of the molecule is O=C(c1ccc(Cl)cc1)N1CCC[C@@H](C(=O)N(c2ccccc2)c2nc3ccccc3s2)C1. The Morgan fingerprint density at radius 1 is 0.970 bits per heavy atom. The van der Waals surface area contributed by atoms with Crippen LogP contribution in [-0.2, 0) is 4.79 Å². The van der Waals surface area contributed by atoms with Crippen LogP contribution in [0.3, 0.4) is 0 Å². The monoisotopic (exact) mass is 475 g/mol. The minimum absolute atomic E-state index is 0.0335. The number of piperidine rings is 1. The van der Waals surface area contributed by atoms with Crippen molar-refractivity contribution in [3.05, 3.63) is 89.4 Å². The van der Waals surface area contributed by atoms with Gasteiger partial charge >= 0.3 is 0 Å². The number of benzene rings is 3. The maximum atomic E-state index is 13.9. The molecule has 4 aromatic rings. The van der Waals surface area contributed by atoms with Gasteiger partial charge in [0, 0.05) is 23.7 Å². The number of para-hydroxylation sites is 2. The molecule has 2 amide bonds. The predicted molar refractivity (Wildman–Crippen MR) is 133 cm³/mol. The van der Waals surface area contributed by atoms with Gasteiger partial charge in [-0.25, -0.2) is 4.98 Å². The molecule has 0 unspecified atom stereocenters. The molecular weight excluding hydrogens is 454 g/mol. The number of carbonyl (C=O) groups excluding carboxylic acids is 2. The average Bonchev–Trinajstić information content (AvgIpc) is 3.28. The van der Waals surface area contributed by atoms with Gasteiger partial charge < -0.3 is 4.90 Å². The molecule has 3 aromatic carbocycles. The molecule has 1 aromatic heterocycles. The molecule has 1 aliphatic rings. The zero-order valence-electron chi connectivity index (χ0n) is 17.9. The van der Waals surface area contributed by atoms with E-state index < -0.39 is 0 Å². The number of amides is 2. The molecule has 1 atom stereocenters. The van der Waals surface area contributed by atoms with E-state index in [1.165, 1.54) is 11.3 Å². The van der Waals surface area contributed by atoms with E-state index in [-0.39, 0.29) is 17.7 Å². The molecule has 5 nitrogen and oxygen atoms in total. The highest BCUT2D eigenvalue weighted by atomic mass is 35.5. The number of hydrogen-bond acceptors (Lipinski definition) is 4. The van der Waals surface area contributed by atoms with Gasteiger partial charge in [-0.3, -0.25) is 14.5 Å². The van der Waals surface area contributed by atoms with Gasteiger partial charge in [0.15, 0.2) is 5.13 Å². The summed E-state index contributed by atoms with van der Waals surface area (Å²) in [6.45, 7) is 1.02. The molecule has 33 heavy (non-hydrogen) atoms. The fourth-order valence-corrected chi connectivity index (χ4v) is 5.30. The van der Waals surface area contributed by atoms with Crippen molar-refractivity contribution in [3.8, 4) is 0 Å². The van der Waals surface area contributed by atoms with Gasteiger partial charge in [-0.15, -0.1) is 0 Å². The molecule has 0 spiro atoms. The van der Waals surface area contributed by atoms with Crippen molar-refractivity contribution in [2.24, 2.45) is 5.92 Å². The number of thiazole rings is 1. The fraction of sp³-hybridized carbons (Fsp3) is 0.192. The lowest BCUT2D eigenvalue weighted by Gasteiger charge is -2.34. The van der Waals surface area contributed by atoms with Gasteiger partial charge in [0.25, 0.3) is 5.91 Å². The Balaban J connectivity index is 1.44.